The zero-order valence-electron chi connectivity index (χ0n) is 8.59. The van der Waals surface area contributed by atoms with E-state index in [1.54, 1.807) is 0 Å². The predicted molar refractivity (Wildman–Crippen MR) is 63.0 cm³/mol. The molecule has 1 heterocycles. The first kappa shape index (κ1) is 9.78. The van der Waals surface area contributed by atoms with Crippen LogP contribution in [0.5, 0.6) is 0 Å². The van der Waals surface area contributed by atoms with Crippen LogP contribution in [0.3, 0.4) is 0 Å². The van der Waals surface area contributed by atoms with Gasteiger partial charge in [0.05, 0.1) is 11.2 Å². The van der Waals surface area contributed by atoms with Crippen molar-refractivity contribution in [1.29, 1.82) is 0 Å². The first-order chi connectivity index (χ1) is 7.72. The Bertz CT molecular complexity index is 622. The van der Waals surface area contributed by atoms with Crippen LogP contribution in [-0.2, 0) is 15.5 Å². The fourth-order valence-corrected chi connectivity index (χ4v) is 2.76. The number of thiol groups is 1. The summed E-state index contributed by atoms with van der Waals surface area (Å²) in [6.45, 7) is 0. The molecule has 4 heteroatoms. The lowest BCUT2D eigenvalue weighted by atomic mass is 10.1. The zero-order valence-corrected chi connectivity index (χ0v) is 9.48. The highest BCUT2D eigenvalue weighted by Gasteiger charge is 2.49. The van der Waals surface area contributed by atoms with Crippen LogP contribution >= 0.6 is 0 Å². The average Bonchev–Trinajstić information content (AvgIpc) is 3.09. The molecule has 0 atom stereocenters. The molecule has 0 bridgehead atoms. The molecular weight excluding hydrogens is 222 g/mol. The van der Waals surface area contributed by atoms with Gasteiger partial charge in [-0.05, 0) is 25.0 Å². The topological polar surface area (TPSA) is 47.0 Å². The van der Waals surface area contributed by atoms with E-state index >= 15 is 0 Å². The molecule has 2 aromatic rings. The Morgan fingerprint density at radius 2 is 1.81 bits per heavy atom. The molecule has 3 nitrogen and oxygen atoms in total. The van der Waals surface area contributed by atoms with Crippen molar-refractivity contribution >= 4 is 21.6 Å². The second-order valence-electron chi connectivity index (χ2n) is 4.18. The maximum Gasteiger partial charge on any atom is 0.151 e. The maximum absolute atomic E-state index is 11.2. The van der Waals surface area contributed by atoms with E-state index in [2.05, 4.69) is 4.98 Å². The summed E-state index contributed by atoms with van der Waals surface area (Å²) in [6, 6.07) is 11.5. The lowest BCUT2D eigenvalue weighted by Gasteiger charge is -2.07. The minimum Gasteiger partial charge on any atom is -0.251 e. The number of hydrogen-bond acceptors (Lipinski definition) is 3. The van der Waals surface area contributed by atoms with Gasteiger partial charge in [-0.1, -0.05) is 24.3 Å². The average molecular weight is 233 g/mol. The second kappa shape index (κ2) is 3.28. The monoisotopic (exact) mass is 233 g/mol. The Labute approximate surface area is 95.1 Å². The van der Waals surface area contributed by atoms with Crippen LogP contribution < -0.4 is 0 Å². The number of hydrogen-bond donors (Lipinski definition) is 1. The Kier molecular flexibility index (Phi) is 2.01. The first-order valence-electron chi connectivity index (χ1n) is 5.23. The molecule has 0 aliphatic heterocycles. The zero-order chi connectivity index (χ0) is 11.2. The van der Waals surface area contributed by atoms with Gasteiger partial charge in [0.25, 0.3) is 0 Å². The summed E-state index contributed by atoms with van der Waals surface area (Å²) in [5.41, 5.74) is 1.56. The van der Waals surface area contributed by atoms with Crippen molar-refractivity contribution in [1.82, 2.24) is 4.98 Å². The normalized spacial score (nSPS) is 17.8. The van der Waals surface area contributed by atoms with Crippen LogP contribution in [0.1, 0.15) is 18.5 Å². The predicted octanol–water partition coefficient (Wildman–Crippen LogP) is 1.84. The molecule has 1 aromatic heterocycles. The Hall–Kier alpha value is -1.42. The number of nitrogens with zero attached hydrogens (tertiary/aromatic N) is 1. The first-order valence-corrected chi connectivity index (χ1v) is 6.41. The third-order valence-corrected chi connectivity index (χ3v) is 4.52. The van der Waals surface area contributed by atoms with Crippen LogP contribution in [0.15, 0.2) is 36.4 Å². The largest absolute Gasteiger partial charge is 0.251 e. The van der Waals surface area contributed by atoms with E-state index in [1.165, 1.54) is 0 Å². The minimum absolute atomic E-state index is 0.667. The van der Waals surface area contributed by atoms with Crippen molar-refractivity contribution in [3.05, 3.63) is 42.1 Å². The van der Waals surface area contributed by atoms with E-state index < -0.39 is 15.5 Å². The summed E-state index contributed by atoms with van der Waals surface area (Å²) < 4.78 is 21.8. The van der Waals surface area contributed by atoms with Gasteiger partial charge in [0.2, 0.25) is 0 Å². The molecule has 0 N–H and O–H groups in total. The van der Waals surface area contributed by atoms with Gasteiger partial charge >= 0.3 is 0 Å². The van der Waals surface area contributed by atoms with Gasteiger partial charge in [-0.2, -0.15) is 0 Å². The number of rotatable bonds is 2. The number of aromatic nitrogens is 1. The van der Waals surface area contributed by atoms with Crippen LogP contribution in [0.25, 0.3) is 10.9 Å². The molecular formula is C12H11NO2S. The Balaban J connectivity index is 2.19. The smallest absolute Gasteiger partial charge is 0.151 e. The lowest BCUT2D eigenvalue weighted by Crippen LogP contribution is -2.10. The van der Waals surface area contributed by atoms with E-state index in [4.69, 9.17) is 0 Å². The quantitative estimate of drug-likeness (QED) is 0.805. The van der Waals surface area contributed by atoms with Crippen molar-refractivity contribution in [3.63, 3.8) is 0 Å². The lowest BCUT2D eigenvalue weighted by molar-refractivity contribution is 0.599. The second-order valence-corrected chi connectivity index (χ2v) is 5.55. The highest BCUT2D eigenvalue weighted by molar-refractivity contribution is 7.73. The van der Waals surface area contributed by atoms with Gasteiger partial charge < -0.3 is 0 Å². The Morgan fingerprint density at radius 3 is 2.50 bits per heavy atom. The molecule has 1 fully saturated rings. The molecule has 0 spiro atoms. The summed E-state index contributed by atoms with van der Waals surface area (Å²) in [6.07, 6.45) is 1.41. The summed E-state index contributed by atoms with van der Waals surface area (Å²) in [5.74, 6) is 0. The third kappa shape index (κ3) is 1.33. The molecule has 0 unspecified atom stereocenters. The maximum atomic E-state index is 11.2. The van der Waals surface area contributed by atoms with Gasteiger partial charge in [-0.3, -0.25) is 4.98 Å². The fraction of sp³-hybridized carbons (Fsp3) is 0.250. The van der Waals surface area contributed by atoms with Crippen LogP contribution in [0, 0.1) is 0 Å². The van der Waals surface area contributed by atoms with E-state index in [9.17, 15) is 8.42 Å². The molecule has 1 saturated carbocycles. The summed E-state index contributed by atoms with van der Waals surface area (Å²) in [5, 5.41) is 1.04. The fourth-order valence-electron chi connectivity index (χ4n) is 1.98. The van der Waals surface area contributed by atoms with E-state index in [-0.39, 0.29) is 0 Å². The van der Waals surface area contributed by atoms with Crippen LogP contribution in [0.4, 0.5) is 0 Å². The van der Waals surface area contributed by atoms with Gasteiger partial charge in [0.1, 0.15) is 4.75 Å². The van der Waals surface area contributed by atoms with Gasteiger partial charge in [-0.25, -0.2) is 8.42 Å². The van der Waals surface area contributed by atoms with Gasteiger partial charge in [0, 0.05) is 5.39 Å². The number of para-hydroxylation sites is 1. The van der Waals surface area contributed by atoms with Gasteiger partial charge in [0.15, 0.2) is 10.7 Å². The number of pyridine rings is 1. The Morgan fingerprint density at radius 1 is 1.06 bits per heavy atom. The van der Waals surface area contributed by atoms with Crippen LogP contribution in [0.2, 0.25) is 0 Å². The van der Waals surface area contributed by atoms with Crippen molar-refractivity contribution < 1.29 is 8.42 Å². The highest BCUT2D eigenvalue weighted by atomic mass is 32.2. The molecule has 3 rings (SSSR count). The minimum atomic E-state index is -2.43. The summed E-state index contributed by atoms with van der Waals surface area (Å²) in [4.78, 5) is 4.45. The molecule has 0 radical (unpaired) electrons. The number of fused-ring (bicyclic) bond motifs is 1. The standard InChI is InChI=1S/C12H11NO2S/c14-16(15)12(7-8-12)11-6-5-9-3-1-2-4-10(9)13-11/h1-6,16H,7-8H2. The SMILES string of the molecule is O=[SH](=O)C1(c2ccc3ccccc3n2)CC1. The van der Waals surface area contributed by atoms with E-state index in [0.717, 1.165) is 10.9 Å². The molecule has 0 amide bonds. The van der Waals surface area contributed by atoms with Crippen LogP contribution in [-0.4, -0.2) is 13.4 Å². The molecule has 0 saturated heterocycles. The summed E-state index contributed by atoms with van der Waals surface area (Å²) >= 11 is 0. The third-order valence-electron chi connectivity index (χ3n) is 3.15. The van der Waals surface area contributed by atoms with Crippen molar-refractivity contribution in [3.8, 4) is 0 Å². The molecule has 82 valence electrons. The summed E-state index contributed by atoms with van der Waals surface area (Å²) in [7, 11) is -2.43. The van der Waals surface area contributed by atoms with E-state index in [1.807, 2.05) is 36.4 Å². The van der Waals surface area contributed by atoms with Gasteiger partial charge in [-0.15, -0.1) is 0 Å². The van der Waals surface area contributed by atoms with E-state index in [0.29, 0.717) is 18.5 Å². The van der Waals surface area contributed by atoms with Crippen molar-refractivity contribution in [2.75, 3.05) is 0 Å². The van der Waals surface area contributed by atoms with Crippen molar-refractivity contribution in [2.45, 2.75) is 17.6 Å². The molecule has 1 aliphatic carbocycles. The van der Waals surface area contributed by atoms with Crippen molar-refractivity contribution in [2.24, 2.45) is 0 Å². The molecule has 1 aliphatic rings. The highest BCUT2D eigenvalue weighted by Crippen LogP contribution is 2.48. The molecule has 1 aromatic carbocycles. The molecule has 16 heavy (non-hydrogen) atoms. The number of benzene rings is 1.